The second kappa shape index (κ2) is 10.1. The minimum absolute atomic E-state index is 0.0643. The SMILES string of the molecule is CC(C)C[C@@H](NC(=O)C(O)C1CCCN1C(=O)OCc1ccccc1)C(=O)O. The summed E-state index contributed by atoms with van der Waals surface area (Å²) in [5.41, 5.74) is 0.836. The summed E-state index contributed by atoms with van der Waals surface area (Å²) in [6.45, 7) is 4.16. The zero-order chi connectivity index (χ0) is 20.7. The second-order valence-corrected chi connectivity index (χ2v) is 7.42. The van der Waals surface area contributed by atoms with Gasteiger partial charge in [0.25, 0.3) is 5.91 Å². The predicted octanol–water partition coefficient (Wildman–Crippen LogP) is 1.76. The van der Waals surface area contributed by atoms with Crippen LogP contribution in [0.2, 0.25) is 0 Å². The van der Waals surface area contributed by atoms with E-state index in [4.69, 9.17) is 4.74 Å². The third-order valence-corrected chi connectivity index (χ3v) is 4.69. The molecule has 1 aliphatic rings. The Morgan fingerprint density at radius 2 is 1.93 bits per heavy atom. The quantitative estimate of drug-likeness (QED) is 0.621. The van der Waals surface area contributed by atoms with E-state index in [2.05, 4.69) is 5.32 Å². The van der Waals surface area contributed by atoms with Crippen LogP contribution in [0.4, 0.5) is 4.79 Å². The molecule has 28 heavy (non-hydrogen) atoms. The van der Waals surface area contributed by atoms with Crippen LogP contribution in [0.5, 0.6) is 0 Å². The van der Waals surface area contributed by atoms with Gasteiger partial charge in [-0.25, -0.2) is 9.59 Å². The summed E-state index contributed by atoms with van der Waals surface area (Å²) >= 11 is 0. The number of likely N-dealkylation sites (tertiary alicyclic amines) is 1. The molecule has 1 heterocycles. The Morgan fingerprint density at radius 1 is 1.25 bits per heavy atom. The van der Waals surface area contributed by atoms with E-state index in [-0.39, 0.29) is 18.9 Å². The summed E-state index contributed by atoms with van der Waals surface area (Å²) in [6, 6.07) is 7.38. The molecule has 3 atom stereocenters. The fourth-order valence-corrected chi connectivity index (χ4v) is 3.27. The number of hydrogen-bond acceptors (Lipinski definition) is 5. The molecule has 0 saturated carbocycles. The molecule has 0 aliphatic carbocycles. The lowest BCUT2D eigenvalue weighted by Crippen LogP contribution is -2.53. The molecule has 8 heteroatoms. The van der Waals surface area contributed by atoms with Crippen LogP contribution in [0.15, 0.2) is 30.3 Å². The zero-order valence-corrected chi connectivity index (χ0v) is 16.2. The zero-order valence-electron chi connectivity index (χ0n) is 16.2. The van der Waals surface area contributed by atoms with E-state index in [1.54, 1.807) is 0 Å². The van der Waals surface area contributed by atoms with E-state index in [0.29, 0.717) is 19.4 Å². The van der Waals surface area contributed by atoms with E-state index < -0.39 is 36.2 Å². The van der Waals surface area contributed by atoms with Gasteiger partial charge in [-0.1, -0.05) is 44.2 Å². The van der Waals surface area contributed by atoms with Gasteiger partial charge < -0.3 is 25.2 Å². The average Bonchev–Trinajstić information content (AvgIpc) is 3.15. The van der Waals surface area contributed by atoms with E-state index in [0.717, 1.165) is 5.56 Å². The Balaban J connectivity index is 1.95. The molecule has 1 fully saturated rings. The van der Waals surface area contributed by atoms with Crippen LogP contribution < -0.4 is 5.32 Å². The highest BCUT2D eigenvalue weighted by atomic mass is 16.6. The highest BCUT2D eigenvalue weighted by Crippen LogP contribution is 2.22. The first-order valence-electron chi connectivity index (χ1n) is 9.48. The molecule has 2 amide bonds. The second-order valence-electron chi connectivity index (χ2n) is 7.42. The first kappa shape index (κ1) is 21.7. The highest BCUT2D eigenvalue weighted by molar-refractivity contribution is 5.87. The van der Waals surface area contributed by atoms with Gasteiger partial charge in [-0.05, 0) is 30.7 Å². The molecule has 154 valence electrons. The van der Waals surface area contributed by atoms with Gasteiger partial charge in [-0.2, -0.15) is 0 Å². The molecule has 1 aliphatic heterocycles. The molecule has 1 aromatic carbocycles. The average molecular weight is 392 g/mol. The number of aliphatic hydroxyl groups excluding tert-OH is 1. The molecule has 8 nitrogen and oxygen atoms in total. The number of carboxylic acids is 1. The Labute approximate surface area is 164 Å². The first-order valence-corrected chi connectivity index (χ1v) is 9.48. The molecule has 3 N–H and O–H groups in total. The lowest BCUT2D eigenvalue weighted by molar-refractivity contribution is -0.144. The summed E-state index contributed by atoms with van der Waals surface area (Å²) in [5, 5.41) is 22.1. The molecule has 1 saturated heterocycles. The number of nitrogens with one attached hydrogen (secondary N) is 1. The number of benzene rings is 1. The molecule has 2 unspecified atom stereocenters. The van der Waals surface area contributed by atoms with Crippen molar-refractivity contribution < 1.29 is 29.3 Å². The van der Waals surface area contributed by atoms with Crippen molar-refractivity contribution in [3.63, 3.8) is 0 Å². The van der Waals surface area contributed by atoms with Gasteiger partial charge in [0.05, 0.1) is 6.04 Å². The highest BCUT2D eigenvalue weighted by Gasteiger charge is 2.39. The maximum Gasteiger partial charge on any atom is 0.410 e. The van der Waals surface area contributed by atoms with Crippen LogP contribution in [0.25, 0.3) is 0 Å². The minimum Gasteiger partial charge on any atom is -0.480 e. The van der Waals surface area contributed by atoms with Gasteiger partial charge in [0.1, 0.15) is 12.6 Å². The number of rotatable bonds is 8. The van der Waals surface area contributed by atoms with Crippen molar-refractivity contribution in [2.45, 2.75) is 57.9 Å². The van der Waals surface area contributed by atoms with E-state index in [1.807, 2.05) is 44.2 Å². The lowest BCUT2D eigenvalue weighted by Gasteiger charge is -2.28. The Kier molecular flexibility index (Phi) is 7.80. The standard InChI is InChI=1S/C20H28N2O6/c1-13(2)11-15(19(25)26)21-18(24)17(23)16-9-6-10-22(16)20(27)28-12-14-7-4-3-5-8-14/h3-5,7-8,13,15-17,23H,6,9-12H2,1-2H3,(H,21,24)(H,25,26)/t15-,16?,17?/m1/s1. The van der Waals surface area contributed by atoms with Gasteiger partial charge in [-0.3, -0.25) is 4.79 Å². The van der Waals surface area contributed by atoms with E-state index in [9.17, 15) is 24.6 Å². The fourth-order valence-electron chi connectivity index (χ4n) is 3.27. The fraction of sp³-hybridized carbons (Fsp3) is 0.550. The maximum absolute atomic E-state index is 12.4. The number of carboxylic acid groups (broad SMARTS) is 1. The molecule has 0 aromatic heterocycles. The summed E-state index contributed by atoms with van der Waals surface area (Å²) in [4.78, 5) is 37.4. The maximum atomic E-state index is 12.4. The normalized spacial score (nSPS) is 18.6. The van der Waals surface area contributed by atoms with E-state index in [1.165, 1.54) is 4.90 Å². The van der Waals surface area contributed by atoms with Crippen LogP contribution >= 0.6 is 0 Å². The Morgan fingerprint density at radius 3 is 2.54 bits per heavy atom. The van der Waals surface area contributed by atoms with Gasteiger partial charge in [0.2, 0.25) is 0 Å². The lowest BCUT2D eigenvalue weighted by atomic mass is 10.0. The van der Waals surface area contributed by atoms with Crippen molar-refractivity contribution >= 4 is 18.0 Å². The Bertz CT molecular complexity index is 679. The topological polar surface area (TPSA) is 116 Å². The number of aliphatic hydroxyl groups is 1. The molecule has 0 bridgehead atoms. The van der Waals surface area contributed by atoms with Crippen LogP contribution in [-0.4, -0.2) is 57.8 Å². The van der Waals surface area contributed by atoms with Crippen molar-refractivity contribution in [1.29, 1.82) is 0 Å². The largest absolute Gasteiger partial charge is 0.480 e. The number of carbonyl (C=O) groups excluding carboxylic acids is 2. The Hall–Kier alpha value is -2.61. The van der Waals surface area contributed by atoms with Crippen molar-refractivity contribution in [3.05, 3.63) is 35.9 Å². The van der Waals surface area contributed by atoms with Crippen LogP contribution in [0.3, 0.4) is 0 Å². The number of ether oxygens (including phenoxy) is 1. The van der Waals surface area contributed by atoms with Crippen LogP contribution in [0, 0.1) is 5.92 Å². The molecular formula is C20H28N2O6. The first-order chi connectivity index (χ1) is 13.3. The number of aliphatic carboxylic acids is 1. The van der Waals surface area contributed by atoms with Crippen molar-refractivity contribution in [3.8, 4) is 0 Å². The van der Waals surface area contributed by atoms with Crippen LogP contribution in [-0.2, 0) is 20.9 Å². The smallest absolute Gasteiger partial charge is 0.410 e. The summed E-state index contributed by atoms with van der Waals surface area (Å²) < 4.78 is 5.29. The van der Waals surface area contributed by atoms with Crippen molar-refractivity contribution in [2.75, 3.05) is 6.54 Å². The third kappa shape index (κ3) is 5.95. The third-order valence-electron chi connectivity index (χ3n) is 4.69. The number of amides is 2. The predicted molar refractivity (Wildman–Crippen MR) is 101 cm³/mol. The van der Waals surface area contributed by atoms with Crippen molar-refractivity contribution in [1.82, 2.24) is 10.2 Å². The van der Waals surface area contributed by atoms with Gasteiger partial charge in [0.15, 0.2) is 6.10 Å². The summed E-state index contributed by atoms with van der Waals surface area (Å²) in [6.07, 6.45) is -0.793. The van der Waals surface area contributed by atoms with Gasteiger partial charge in [0, 0.05) is 6.54 Å². The van der Waals surface area contributed by atoms with Gasteiger partial charge >= 0.3 is 12.1 Å². The number of hydrogen-bond donors (Lipinski definition) is 3. The number of carbonyl (C=O) groups is 3. The number of nitrogens with zero attached hydrogens (tertiary/aromatic N) is 1. The van der Waals surface area contributed by atoms with Crippen LogP contribution in [0.1, 0.15) is 38.7 Å². The van der Waals surface area contributed by atoms with Gasteiger partial charge in [-0.15, -0.1) is 0 Å². The summed E-state index contributed by atoms with van der Waals surface area (Å²) in [7, 11) is 0. The minimum atomic E-state index is -1.51. The monoisotopic (exact) mass is 392 g/mol. The summed E-state index contributed by atoms with van der Waals surface area (Å²) in [5.74, 6) is -1.88. The van der Waals surface area contributed by atoms with Crippen molar-refractivity contribution in [2.24, 2.45) is 5.92 Å². The van der Waals surface area contributed by atoms with E-state index >= 15 is 0 Å². The molecular weight excluding hydrogens is 364 g/mol. The molecule has 1 aromatic rings. The molecule has 0 radical (unpaired) electrons. The molecule has 2 rings (SSSR count). The molecule has 0 spiro atoms.